The number of hydrogen-bond acceptors (Lipinski definition) is 4. The van der Waals surface area contributed by atoms with Gasteiger partial charge in [0.15, 0.2) is 0 Å². The summed E-state index contributed by atoms with van der Waals surface area (Å²) in [5.74, 6) is 2.14. The summed E-state index contributed by atoms with van der Waals surface area (Å²) in [5.41, 5.74) is 1.45. The highest BCUT2D eigenvalue weighted by molar-refractivity contribution is 7.99. The molecule has 0 spiro atoms. The molecule has 1 atom stereocenters. The Balaban J connectivity index is 1.53. The number of thiazole rings is 1. The molecule has 4 rings (SSSR count). The smallest absolute Gasteiger partial charge is 0.106 e. The third-order valence-electron chi connectivity index (χ3n) is 4.04. The van der Waals surface area contributed by atoms with Crippen molar-refractivity contribution in [3.8, 4) is 0 Å². The zero-order valence-electron chi connectivity index (χ0n) is 10.7. The van der Waals surface area contributed by atoms with Crippen molar-refractivity contribution in [2.24, 2.45) is 0 Å². The van der Waals surface area contributed by atoms with Crippen LogP contribution in [0.3, 0.4) is 0 Å². The van der Waals surface area contributed by atoms with Gasteiger partial charge in [0.05, 0.1) is 10.9 Å². The van der Waals surface area contributed by atoms with E-state index in [1.807, 2.05) is 11.3 Å². The molecule has 0 aromatic carbocycles. The lowest BCUT2D eigenvalue weighted by atomic mass is 10.2. The quantitative estimate of drug-likeness (QED) is 0.887. The number of nitrogens with zero attached hydrogens (tertiary/aromatic N) is 1. The number of hydrogen-bond donors (Lipinski definition) is 1. The minimum Gasteiger partial charge on any atom is -0.309 e. The predicted molar refractivity (Wildman–Crippen MR) is 78.4 cm³/mol. The maximum atomic E-state index is 5.01. The second-order valence-corrected chi connectivity index (χ2v) is 8.22. The van der Waals surface area contributed by atoms with Gasteiger partial charge < -0.3 is 5.32 Å². The Hall–Kier alpha value is -0.0600. The van der Waals surface area contributed by atoms with Crippen LogP contribution in [0.5, 0.6) is 0 Å². The fraction of sp³-hybridized carbons (Fsp3) is 0.786. The van der Waals surface area contributed by atoms with E-state index in [9.17, 15) is 0 Å². The topological polar surface area (TPSA) is 24.9 Å². The molecule has 2 aliphatic carbocycles. The summed E-state index contributed by atoms with van der Waals surface area (Å²) in [7, 11) is 0. The van der Waals surface area contributed by atoms with Crippen LogP contribution >= 0.6 is 23.1 Å². The molecule has 1 unspecified atom stereocenters. The van der Waals surface area contributed by atoms with Crippen LogP contribution in [-0.2, 0) is 6.54 Å². The number of aromatic nitrogens is 1. The van der Waals surface area contributed by atoms with Gasteiger partial charge in [0.2, 0.25) is 0 Å². The lowest BCUT2D eigenvalue weighted by molar-refractivity contribution is 0.688. The van der Waals surface area contributed by atoms with Gasteiger partial charge in [-0.1, -0.05) is 0 Å². The van der Waals surface area contributed by atoms with Crippen molar-refractivity contribution in [2.75, 3.05) is 5.75 Å². The third-order valence-corrected chi connectivity index (χ3v) is 6.76. The molecular weight excluding hydrogens is 260 g/mol. The molecule has 3 fully saturated rings. The molecule has 0 amide bonds. The zero-order chi connectivity index (χ0) is 11.9. The van der Waals surface area contributed by atoms with Crippen LogP contribution in [0.4, 0.5) is 0 Å². The predicted octanol–water partition coefficient (Wildman–Crippen LogP) is 3.84. The lowest BCUT2D eigenvalue weighted by Crippen LogP contribution is -2.15. The molecule has 1 aromatic heterocycles. The Kier molecular flexibility index (Phi) is 3.13. The van der Waals surface area contributed by atoms with Crippen molar-refractivity contribution < 1.29 is 0 Å². The average Bonchev–Trinajstić information content (AvgIpc) is 3.30. The Morgan fingerprint density at radius 2 is 2.06 bits per heavy atom. The molecule has 1 aromatic rings. The second-order valence-electron chi connectivity index (χ2n) is 5.79. The van der Waals surface area contributed by atoms with Crippen molar-refractivity contribution in [2.45, 2.75) is 62.3 Å². The van der Waals surface area contributed by atoms with Crippen LogP contribution in [0, 0.1) is 0 Å². The standard InChI is InChI=1S/C14H20N2S2/c1-2-11(17-7-1)14-16-13(9-3-4-9)12(18-14)8-15-10-5-6-10/h9-11,15H,1-8H2. The number of nitrogens with one attached hydrogen (secondary N) is 1. The lowest BCUT2D eigenvalue weighted by Gasteiger charge is -2.02. The van der Waals surface area contributed by atoms with E-state index >= 15 is 0 Å². The molecule has 2 saturated carbocycles. The van der Waals surface area contributed by atoms with E-state index in [-0.39, 0.29) is 0 Å². The summed E-state index contributed by atoms with van der Waals surface area (Å²) in [6, 6.07) is 0.809. The summed E-state index contributed by atoms with van der Waals surface area (Å²) in [6.07, 6.45) is 8.22. The van der Waals surface area contributed by atoms with Crippen LogP contribution in [0.15, 0.2) is 0 Å². The van der Waals surface area contributed by atoms with Crippen LogP contribution in [0.25, 0.3) is 0 Å². The Morgan fingerprint density at radius 1 is 1.17 bits per heavy atom. The minimum absolute atomic E-state index is 0.710. The largest absolute Gasteiger partial charge is 0.309 e. The van der Waals surface area contributed by atoms with E-state index in [1.165, 1.54) is 55.0 Å². The highest BCUT2D eigenvalue weighted by Crippen LogP contribution is 2.47. The monoisotopic (exact) mass is 280 g/mol. The molecule has 4 heteroatoms. The van der Waals surface area contributed by atoms with Crippen LogP contribution in [0.2, 0.25) is 0 Å². The molecule has 18 heavy (non-hydrogen) atoms. The van der Waals surface area contributed by atoms with E-state index in [0.29, 0.717) is 5.25 Å². The van der Waals surface area contributed by atoms with E-state index < -0.39 is 0 Å². The molecule has 1 N–H and O–H groups in total. The Morgan fingerprint density at radius 3 is 2.72 bits per heavy atom. The Labute approximate surface area is 117 Å². The fourth-order valence-electron chi connectivity index (χ4n) is 2.62. The van der Waals surface area contributed by atoms with Gasteiger partial charge in [-0.2, -0.15) is 11.8 Å². The number of thioether (sulfide) groups is 1. The zero-order valence-corrected chi connectivity index (χ0v) is 12.3. The SMILES string of the molecule is C1CSC(c2nc(C3CC3)c(CNC3CC3)s2)C1. The number of rotatable bonds is 5. The van der Waals surface area contributed by atoms with E-state index in [4.69, 9.17) is 4.98 Å². The summed E-state index contributed by atoms with van der Waals surface area (Å²) < 4.78 is 0. The van der Waals surface area contributed by atoms with Crippen molar-refractivity contribution >= 4 is 23.1 Å². The van der Waals surface area contributed by atoms with Crippen molar-refractivity contribution in [1.82, 2.24) is 10.3 Å². The van der Waals surface area contributed by atoms with Gasteiger partial charge in [-0.15, -0.1) is 11.3 Å². The van der Waals surface area contributed by atoms with Crippen molar-refractivity contribution in [3.05, 3.63) is 15.6 Å². The van der Waals surface area contributed by atoms with E-state index in [0.717, 1.165) is 18.5 Å². The van der Waals surface area contributed by atoms with Gasteiger partial charge in [0.1, 0.15) is 5.01 Å². The molecule has 0 bridgehead atoms. The Bertz CT molecular complexity index is 429. The molecule has 3 aliphatic rings. The molecule has 0 radical (unpaired) electrons. The first kappa shape index (κ1) is 11.7. The highest BCUT2D eigenvalue weighted by Gasteiger charge is 2.32. The maximum absolute atomic E-state index is 5.01. The normalized spacial score (nSPS) is 27.9. The molecule has 1 saturated heterocycles. The summed E-state index contributed by atoms with van der Waals surface area (Å²) in [4.78, 5) is 6.56. The maximum Gasteiger partial charge on any atom is 0.106 e. The summed E-state index contributed by atoms with van der Waals surface area (Å²) >= 11 is 4.11. The third kappa shape index (κ3) is 2.47. The summed E-state index contributed by atoms with van der Waals surface area (Å²) in [6.45, 7) is 1.07. The first-order valence-electron chi connectivity index (χ1n) is 7.24. The van der Waals surface area contributed by atoms with Gasteiger partial charge in [0.25, 0.3) is 0 Å². The molecule has 2 nitrogen and oxygen atoms in total. The van der Waals surface area contributed by atoms with Crippen LogP contribution in [0.1, 0.15) is 65.3 Å². The molecule has 2 heterocycles. The van der Waals surface area contributed by atoms with Crippen molar-refractivity contribution in [1.29, 1.82) is 0 Å². The van der Waals surface area contributed by atoms with E-state index in [2.05, 4.69) is 17.1 Å². The van der Waals surface area contributed by atoms with Gasteiger partial charge in [-0.05, 0) is 44.3 Å². The van der Waals surface area contributed by atoms with Crippen molar-refractivity contribution in [3.63, 3.8) is 0 Å². The average molecular weight is 280 g/mol. The fourth-order valence-corrected chi connectivity index (χ4v) is 5.23. The molecule has 98 valence electrons. The first-order chi connectivity index (χ1) is 8.90. The van der Waals surface area contributed by atoms with Crippen LogP contribution in [-0.4, -0.2) is 16.8 Å². The van der Waals surface area contributed by atoms with Gasteiger partial charge in [-0.25, -0.2) is 4.98 Å². The highest BCUT2D eigenvalue weighted by atomic mass is 32.2. The summed E-state index contributed by atoms with van der Waals surface area (Å²) in [5, 5.41) is 5.80. The molecule has 1 aliphatic heterocycles. The minimum atomic E-state index is 0.710. The van der Waals surface area contributed by atoms with Gasteiger partial charge >= 0.3 is 0 Å². The first-order valence-corrected chi connectivity index (χ1v) is 9.11. The van der Waals surface area contributed by atoms with Gasteiger partial charge in [-0.3, -0.25) is 0 Å². The van der Waals surface area contributed by atoms with Crippen LogP contribution < -0.4 is 5.32 Å². The second kappa shape index (κ2) is 4.80. The van der Waals surface area contributed by atoms with Gasteiger partial charge in [0, 0.05) is 23.4 Å². The molecular formula is C14H20N2S2. The van der Waals surface area contributed by atoms with E-state index in [1.54, 1.807) is 4.88 Å².